The topological polar surface area (TPSA) is 69.4 Å². The van der Waals surface area contributed by atoms with Gasteiger partial charge in [-0.05, 0) is 43.0 Å². The van der Waals surface area contributed by atoms with Gasteiger partial charge in [-0.15, -0.1) is 0 Å². The number of methoxy groups -OCH3 is 1. The van der Waals surface area contributed by atoms with Crippen molar-refractivity contribution in [2.45, 2.75) is 19.8 Å². The molecule has 1 aromatic carbocycles. The number of hydrogen-bond acceptors (Lipinski definition) is 4. The van der Waals surface area contributed by atoms with Crippen molar-refractivity contribution in [1.82, 2.24) is 0 Å². The molecule has 1 atom stereocenters. The van der Waals surface area contributed by atoms with Crippen LogP contribution in [0.5, 0.6) is 5.75 Å². The molecule has 0 bridgehead atoms. The molecule has 108 valence electrons. The van der Waals surface area contributed by atoms with Crippen molar-refractivity contribution in [2.24, 2.45) is 11.7 Å². The number of hydrogen-bond donors (Lipinski definition) is 1. The highest BCUT2D eigenvalue weighted by Gasteiger charge is 2.14. The Morgan fingerprint density at radius 1 is 1.37 bits per heavy atom. The normalized spacial score (nSPS) is 13.2. The molecule has 0 aliphatic heterocycles. The molecule has 0 amide bonds. The van der Waals surface area contributed by atoms with E-state index in [4.69, 9.17) is 10.5 Å². The first-order valence-corrected chi connectivity index (χ1v) is 8.36. The Morgan fingerprint density at radius 3 is 2.68 bits per heavy atom. The van der Waals surface area contributed by atoms with Gasteiger partial charge in [-0.25, -0.2) is 8.42 Å². The fourth-order valence-electron chi connectivity index (χ4n) is 1.93. The number of nitrogens with two attached hydrogens (primary N) is 1. The summed E-state index contributed by atoms with van der Waals surface area (Å²) < 4.78 is 28.2. The van der Waals surface area contributed by atoms with Crippen molar-refractivity contribution < 1.29 is 13.2 Å². The van der Waals surface area contributed by atoms with Crippen LogP contribution in [0, 0.1) is 5.92 Å². The molecule has 2 N–H and O–H groups in total. The standard InChI is InChI=1S/C14H23NO3S/c1-3-19(16,17)8-7-13(11-15)9-12-5-4-6-14(10-12)18-2/h4-6,10,13H,3,7-9,11,15H2,1-2H3. The molecule has 0 saturated carbocycles. The molecule has 4 nitrogen and oxygen atoms in total. The van der Waals surface area contributed by atoms with Crippen molar-refractivity contribution in [2.75, 3.05) is 25.2 Å². The quantitative estimate of drug-likeness (QED) is 0.788. The second kappa shape index (κ2) is 7.50. The third-order valence-electron chi connectivity index (χ3n) is 3.27. The summed E-state index contributed by atoms with van der Waals surface area (Å²) in [6.07, 6.45) is 1.40. The second-order valence-electron chi connectivity index (χ2n) is 4.68. The van der Waals surface area contributed by atoms with Gasteiger partial charge in [-0.2, -0.15) is 0 Å². The fraction of sp³-hybridized carbons (Fsp3) is 0.571. The van der Waals surface area contributed by atoms with Crippen LogP contribution in [0.15, 0.2) is 24.3 Å². The predicted molar refractivity (Wildman–Crippen MR) is 78.2 cm³/mol. The fourth-order valence-corrected chi connectivity index (χ4v) is 2.91. The molecular formula is C14H23NO3S. The van der Waals surface area contributed by atoms with Gasteiger partial charge in [-0.1, -0.05) is 19.1 Å². The van der Waals surface area contributed by atoms with Gasteiger partial charge in [0.25, 0.3) is 0 Å². The Balaban J connectivity index is 2.61. The van der Waals surface area contributed by atoms with Crippen LogP contribution in [0.4, 0.5) is 0 Å². The highest BCUT2D eigenvalue weighted by molar-refractivity contribution is 7.91. The van der Waals surface area contributed by atoms with Gasteiger partial charge in [0, 0.05) is 5.75 Å². The van der Waals surface area contributed by atoms with Crippen LogP contribution in [0.25, 0.3) is 0 Å². The van der Waals surface area contributed by atoms with Crippen LogP contribution in [0.2, 0.25) is 0 Å². The highest BCUT2D eigenvalue weighted by Crippen LogP contribution is 2.17. The molecule has 1 aromatic rings. The summed E-state index contributed by atoms with van der Waals surface area (Å²) in [5.74, 6) is 1.42. The van der Waals surface area contributed by atoms with Gasteiger partial charge >= 0.3 is 0 Å². The summed E-state index contributed by atoms with van der Waals surface area (Å²) in [7, 11) is -1.28. The van der Waals surface area contributed by atoms with E-state index < -0.39 is 9.84 Å². The molecule has 1 unspecified atom stereocenters. The molecule has 0 aliphatic rings. The SMILES string of the molecule is CCS(=O)(=O)CCC(CN)Cc1cccc(OC)c1. The first-order valence-electron chi connectivity index (χ1n) is 6.54. The Bertz CT molecular complexity index is 485. The van der Waals surface area contributed by atoms with Crippen LogP contribution in [-0.4, -0.2) is 33.6 Å². The van der Waals surface area contributed by atoms with Crippen molar-refractivity contribution in [3.05, 3.63) is 29.8 Å². The Kier molecular flexibility index (Phi) is 6.31. The van der Waals surface area contributed by atoms with Gasteiger partial charge in [0.2, 0.25) is 0 Å². The van der Waals surface area contributed by atoms with Crippen LogP contribution in [0.3, 0.4) is 0 Å². The molecule has 0 fully saturated rings. The van der Waals surface area contributed by atoms with E-state index in [2.05, 4.69) is 0 Å². The maximum Gasteiger partial charge on any atom is 0.150 e. The maximum atomic E-state index is 11.5. The number of benzene rings is 1. The van der Waals surface area contributed by atoms with E-state index in [1.54, 1.807) is 14.0 Å². The smallest absolute Gasteiger partial charge is 0.150 e. The summed E-state index contributed by atoms with van der Waals surface area (Å²) in [5, 5.41) is 0. The molecular weight excluding hydrogens is 262 g/mol. The minimum Gasteiger partial charge on any atom is -0.497 e. The Morgan fingerprint density at radius 2 is 2.11 bits per heavy atom. The van der Waals surface area contributed by atoms with Gasteiger partial charge in [0.05, 0.1) is 12.9 Å². The largest absolute Gasteiger partial charge is 0.497 e. The predicted octanol–water partition coefficient (Wildman–Crippen LogP) is 1.64. The van der Waals surface area contributed by atoms with Crippen LogP contribution < -0.4 is 10.5 Å². The molecule has 0 aromatic heterocycles. The van der Waals surface area contributed by atoms with E-state index in [-0.39, 0.29) is 17.4 Å². The summed E-state index contributed by atoms with van der Waals surface area (Å²) in [6, 6.07) is 7.81. The lowest BCUT2D eigenvalue weighted by atomic mass is 9.97. The lowest BCUT2D eigenvalue weighted by Gasteiger charge is -2.15. The van der Waals surface area contributed by atoms with Crippen LogP contribution >= 0.6 is 0 Å². The Hall–Kier alpha value is -1.07. The second-order valence-corrected chi connectivity index (χ2v) is 7.16. The lowest BCUT2D eigenvalue weighted by molar-refractivity contribution is 0.413. The molecule has 0 heterocycles. The third-order valence-corrected chi connectivity index (χ3v) is 5.01. The highest BCUT2D eigenvalue weighted by atomic mass is 32.2. The van der Waals surface area contributed by atoms with Crippen LogP contribution in [0.1, 0.15) is 18.9 Å². The maximum absolute atomic E-state index is 11.5. The minimum atomic E-state index is -2.91. The first kappa shape index (κ1) is 16.0. The van der Waals surface area contributed by atoms with E-state index in [9.17, 15) is 8.42 Å². The minimum absolute atomic E-state index is 0.188. The van der Waals surface area contributed by atoms with E-state index in [0.29, 0.717) is 13.0 Å². The zero-order chi connectivity index (χ0) is 14.3. The van der Waals surface area contributed by atoms with E-state index in [0.717, 1.165) is 17.7 Å². The van der Waals surface area contributed by atoms with Crippen molar-refractivity contribution in [1.29, 1.82) is 0 Å². The van der Waals surface area contributed by atoms with Gasteiger partial charge in [0.15, 0.2) is 0 Å². The average molecular weight is 285 g/mol. The van der Waals surface area contributed by atoms with E-state index >= 15 is 0 Å². The monoisotopic (exact) mass is 285 g/mol. The summed E-state index contributed by atoms with van der Waals surface area (Å²) in [4.78, 5) is 0. The number of rotatable bonds is 8. The Labute approximate surface area is 115 Å². The molecule has 19 heavy (non-hydrogen) atoms. The number of ether oxygens (including phenoxy) is 1. The molecule has 0 radical (unpaired) electrons. The van der Waals surface area contributed by atoms with Gasteiger partial charge in [-0.3, -0.25) is 0 Å². The van der Waals surface area contributed by atoms with Gasteiger partial charge in [0.1, 0.15) is 15.6 Å². The van der Waals surface area contributed by atoms with E-state index in [1.807, 2.05) is 24.3 Å². The van der Waals surface area contributed by atoms with Crippen molar-refractivity contribution >= 4 is 9.84 Å². The summed E-state index contributed by atoms with van der Waals surface area (Å²) >= 11 is 0. The molecule has 0 spiro atoms. The lowest BCUT2D eigenvalue weighted by Crippen LogP contribution is -2.21. The summed E-state index contributed by atoms with van der Waals surface area (Å²) in [6.45, 7) is 2.17. The average Bonchev–Trinajstić information content (AvgIpc) is 2.43. The zero-order valence-corrected chi connectivity index (χ0v) is 12.4. The molecule has 0 saturated heterocycles. The van der Waals surface area contributed by atoms with E-state index in [1.165, 1.54) is 0 Å². The number of sulfone groups is 1. The third kappa shape index (κ3) is 5.61. The van der Waals surface area contributed by atoms with Gasteiger partial charge < -0.3 is 10.5 Å². The molecule has 1 rings (SSSR count). The molecule has 0 aliphatic carbocycles. The molecule has 5 heteroatoms. The van der Waals surface area contributed by atoms with Crippen molar-refractivity contribution in [3.63, 3.8) is 0 Å². The summed E-state index contributed by atoms with van der Waals surface area (Å²) in [5.41, 5.74) is 6.86. The van der Waals surface area contributed by atoms with Crippen LogP contribution in [-0.2, 0) is 16.3 Å². The first-order chi connectivity index (χ1) is 9.00. The zero-order valence-electron chi connectivity index (χ0n) is 11.6. The van der Waals surface area contributed by atoms with Crippen molar-refractivity contribution in [3.8, 4) is 5.75 Å².